The van der Waals surface area contributed by atoms with Crippen LogP contribution in [0.5, 0.6) is 0 Å². The van der Waals surface area contributed by atoms with Gasteiger partial charge in [0.2, 0.25) is 0 Å². The second kappa shape index (κ2) is 6.29. The Bertz CT molecular complexity index is 575. The van der Waals surface area contributed by atoms with Gasteiger partial charge in [-0.2, -0.15) is 0 Å². The van der Waals surface area contributed by atoms with Crippen molar-refractivity contribution in [3.63, 3.8) is 0 Å². The van der Waals surface area contributed by atoms with Crippen LogP contribution in [0.4, 0.5) is 0 Å². The van der Waals surface area contributed by atoms with Crippen LogP contribution in [0.1, 0.15) is 30.9 Å². The number of H-pyrrole nitrogens is 1. The van der Waals surface area contributed by atoms with E-state index in [0.717, 1.165) is 11.3 Å². The molecular weight excluding hydrogens is 238 g/mol. The molecule has 0 amide bonds. The van der Waals surface area contributed by atoms with Gasteiger partial charge in [-0.25, -0.2) is 4.98 Å². The standard InChI is InChI=1S/C15H19N3O/c1-11(2)16-10-13-9-15(19)18-14(17-13)8-12-6-4-3-5-7-12/h3-7,9,11,16H,8,10H2,1-2H3,(H,17,18,19). The third-order valence-electron chi connectivity index (χ3n) is 2.75. The van der Waals surface area contributed by atoms with Gasteiger partial charge < -0.3 is 10.3 Å². The van der Waals surface area contributed by atoms with Crippen molar-refractivity contribution in [2.45, 2.75) is 32.9 Å². The molecule has 0 aliphatic carbocycles. The molecule has 0 radical (unpaired) electrons. The summed E-state index contributed by atoms with van der Waals surface area (Å²) in [4.78, 5) is 18.9. The van der Waals surface area contributed by atoms with Gasteiger partial charge in [-0.05, 0) is 5.56 Å². The van der Waals surface area contributed by atoms with Gasteiger partial charge in [-0.3, -0.25) is 4.79 Å². The second-order valence-corrected chi connectivity index (χ2v) is 4.88. The summed E-state index contributed by atoms with van der Waals surface area (Å²) >= 11 is 0. The number of hydrogen-bond donors (Lipinski definition) is 2. The fourth-order valence-corrected chi connectivity index (χ4v) is 1.84. The quantitative estimate of drug-likeness (QED) is 0.859. The van der Waals surface area contributed by atoms with Gasteiger partial charge in [-0.1, -0.05) is 44.2 Å². The number of nitrogens with zero attached hydrogens (tertiary/aromatic N) is 1. The molecule has 0 aliphatic rings. The predicted octanol–water partition coefficient (Wildman–Crippen LogP) is 1.86. The van der Waals surface area contributed by atoms with E-state index in [0.29, 0.717) is 24.8 Å². The monoisotopic (exact) mass is 257 g/mol. The van der Waals surface area contributed by atoms with Gasteiger partial charge >= 0.3 is 0 Å². The molecule has 4 heteroatoms. The van der Waals surface area contributed by atoms with Crippen LogP contribution in [0.2, 0.25) is 0 Å². The van der Waals surface area contributed by atoms with E-state index in [9.17, 15) is 4.79 Å². The molecular formula is C15H19N3O. The average molecular weight is 257 g/mol. The molecule has 2 N–H and O–H groups in total. The zero-order valence-corrected chi connectivity index (χ0v) is 11.3. The highest BCUT2D eigenvalue weighted by Gasteiger charge is 2.03. The van der Waals surface area contributed by atoms with E-state index in [4.69, 9.17) is 0 Å². The van der Waals surface area contributed by atoms with Crippen LogP contribution in [0.15, 0.2) is 41.2 Å². The first-order valence-corrected chi connectivity index (χ1v) is 6.50. The maximum Gasteiger partial charge on any atom is 0.251 e. The lowest BCUT2D eigenvalue weighted by Crippen LogP contribution is -2.24. The Morgan fingerprint density at radius 3 is 2.68 bits per heavy atom. The average Bonchev–Trinajstić information content (AvgIpc) is 2.37. The summed E-state index contributed by atoms with van der Waals surface area (Å²) in [6, 6.07) is 11.9. The maximum atomic E-state index is 11.6. The van der Waals surface area contributed by atoms with Gasteiger partial charge in [-0.15, -0.1) is 0 Å². The van der Waals surface area contributed by atoms with Crippen molar-refractivity contribution in [1.29, 1.82) is 0 Å². The Balaban J connectivity index is 2.15. The lowest BCUT2D eigenvalue weighted by atomic mass is 10.1. The highest BCUT2D eigenvalue weighted by atomic mass is 16.1. The van der Waals surface area contributed by atoms with E-state index in [1.165, 1.54) is 0 Å². The molecule has 100 valence electrons. The summed E-state index contributed by atoms with van der Waals surface area (Å²) < 4.78 is 0. The first-order chi connectivity index (χ1) is 9.13. The molecule has 1 aromatic heterocycles. The van der Waals surface area contributed by atoms with Crippen molar-refractivity contribution >= 4 is 0 Å². The minimum atomic E-state index is -0.0958. The molecule has 0 unspecified atom stereocenters. The first kappa shape index (κ1) is 13.5. The molecule has 19 heavy (non-hydrogen) atoms. The molecule has 0 saturated carbocycles. The molecule has 0 spiro atoms. The van der Waals surface area contributed by atoms with E-state index in [2.05, 4.69) is 29.1 Å². The van der Waals surface area contributed by atoms with E-state index < -0.39 is 0 Å². The summed E-state index contributed by atoms with van der Waals surface area (Å²) in [5.74, 6) is 0.708. The Morgan fingerprint density at radius 1 is 1.26 bits per heavy atom. The third-order valence-corrected chi connectivity index (χ3v) is 2.75. The molecule has 2 rings (SSSR count). The summed E-state index contributed by atoms with van der Waals surface area (Å²) in [5, 5.41) is 3.26. The Hall–Kier alpha value is -1.94. The number of aromatic amines is 1. The highest BCUT2D eigenvalue weighted by molar-refractivity contribution is 5.19. The van der Waals surface area contributed by atoms with E-state index in [1.807, 2.05) is 30.3 Å². The number of nitrogens with one attached hydrogen (secondary N) is 2. The minimum absolute atomic E-state index is 0.0958. The van der Waals surface area contributed by atoms with Gasteiger partial charge in [0, 0.05) is 25.1 Å². The van der Waals surface area contributed by atoms with Crippen LogP contribution in [0.3, 0.4) is 0 Å². The van der Waals surface area contributed by atoms with Gasteiger partial charge in [0.05, 0.1) is 5.69 Å². The largest absolute Gasteiger partial charge is 0.310 e. The minimum Gasteiger partial charge on any atom is -0.310 e. The van der Waals surface area contributed by atoms with E-state index in [-0.39, 0.29) is 5.56 Å². The summed E-state index contributed by atoms with van der Waals surface area (Å²) in [7, 11) is 0. The molecule has 0 saturated heterocycles. The van der Waals surface area contributed by atoms with Crippen LogP contribution >= 0.6 is 0 Å². The lowest BCUT2D eigenvalue weighted by Gasteiger charge is -2.08. The van der Waals surface area contributed by atoms with Crippen LogP contribution in [-0.4, -0.2) is 16.0 Å². The van der Waals surface area contributed by atoms with Crippen molar-refractivity contribution in [3.8, 4) is 0 Å². The van der Waals surface area contributed by atoms with Crippen molar-refractivity contribution in [2.24, 2.45) is 0 Å². The fourth-order valence-electron chi connectivity index (χ4n) is 1.84. The number of benzene rings is 1. The van der Waals surface area contributed by atoms with Crippen LogP contribution in [-0.2, 0) is 13.0 Å². The predicted molar refractivity (Wildman–Crippen MR) is 76.1 cm³/mol. The van der Waals surface area contributed by atoms with Crippen LogP contribution in [0.25, 0.3) is 0 Å². The molecule has 2 aromatic rings. The zero-order chi connectivity index (χ0) is 13.7. The first-order valence-electron chi connectivity index (χ1n) is 6.50. The van der Waals surface area contributed by atoms with Gasteiger partial charge in [0.1, 0.15) is 5.82 Å². The SMILES string of the molecule is CC(C)NCc1cc(=O)[nH]c(Cc2ccccc2)n1. The highest BCUT2D eigenvalue weighted by Crippen LogP contribution is 2.04. The van der Waals surface area contributed by atoms with Crippen molar-refractivity contribution in [2.75, 3.05) is 0 Å². The molecule has 0 fully saturated rings. The summed E-state index contributed by atoms with van der Waals surface area (Å²) in [6.45, 7) is 4.75. The Labute approximate surface area is 112 Å². The fraction of sp³-hybridized carbons (Fsp3) is 0.333. The molecule has 0 aliphatic heterocycles. The zero-order valence-electron chi connectivity index (χ0n) is 11.3. The molecule has 1 aromatic carbocycles. The molecule has 4 nitrogen and oxygen atoms in total. The van der Waals surface area contributed by atoms with Crippen molar-refractivity contribution in [3.05, 3.63) is 63.8 Å². The number of hydrogen-bond acceptors (Lipinski definition) is 3. The molecule has 0 atom stereocenters. The summed E-state index contributed by atoms with van der Waals surface area (Å²) in [5.41, 5.74) is 1.82. The van der Waals surface area contributed by atoms with E-state index in [1.54, 1.807) is 6.07 Å². The van der Waals surface area contributed by atoms with Crippen LogP contribution in [0, 0.1) is 0 Å². The van der Waals surface area contributed by atoms with Gasteiger partial charge in [0.15, 0.2) is 0 Å². The normalized spacial score (nSPS) is 10.9. The Kier molecular flexibility index (Phi) is 4.47. The second-order valence-electron chi connectivity index (χ2n) is 4.88. The summed E-state index contributed by atoms with van der Waals surface area (Å²) in [6.07, 6.45) is 0.644. The number of aromatic nitrogens is 2. The third kappa shape index (κ3) is 4.34. The molecule has 0 bridgehead atoms. The van der Waals surface area contributed by atoms with Crippen molar-refractivity contribution in [1.82, 2.24) is 15.3 Å². The maximum absolute atomic E-state index is 11.6. The molecule has 1 heterocycles. The Morgan fingerprint density at radius 2 is 2.00 bits per heavy atom. The number of rotatable bonds is 5. The topological polar surface area (TPSA) is 57.8 Å². The smallest absolute Gasteiger partial charge is 0.251 e. The van der Waals surface area contributed by atoms with E-state index >= 15 is 0 Å². The van der Waals surface area contributed by atoms with Gasteiger partial charge in [0.25, 0.3) is 5.56 Å². The van der Waals surface area contributed by atoms with Crippen LogP contribution < -0.4 is 10.9 Å². The van der Waals surface area contributed by atoms with Crippen molar-refractivity contribution < 1.29 is 0 Å². The lowest BCUT2D eigenvalue weighted by molar-refractivity contribution is 0.578.